The largest absolute Gasteiger partial charge is 0.339 e. The summed E-state index contributed by atoms with van der Waals surface area (Å²) in [5.41, 5.74) is 0. The number of hydrogen-bond donors (Lipinski definition) is 1. The van der Waals surface area contributed by atoms with Gasteiger partial charge in [0.15, 0.2) is 0 Å². The molecule has 256 valence electrons. The Bertz CT molecular complexity index is 715. The van der Waals surface area contributed by atoms with Crippen LogP contribution >= 0.6 is 23.5 Å². The lowest BCUT2D eigenvalue weighted by atomic mass is 10.2. The monoisotopic (exact) mass is 657 g/mol. The molecule has 1 N–H and O–H groups in total. The molecule has 0 aliphatic rings. The number of thioether (sulfide) groups is 2. The number of carbonyl (C=O) groups excluding carboxylic acids is 1. The van der Waals surface area contributed by atoms with E-state index in [9.17, 15) is 4.79 Å². The highest BCUT2D eigenvalue weighted by atomic mass is 32.2. The third-order valence-corrected chi connectivity index (χ3v) is 3.05. The Morgan fingerprint density at radius 3 is 1.00 bits per heavy atom. The number of rotatable bonds is 4. The number of aldehydes is 1. The fourth-order valence-electron chi connectivity index (χ4n) is 0.410. The zero-order chi connectivity index (χ0) is 34.4. The highest BCUT2D eigenvalue weighted by Gasteiger charge is 1.74. The molecule has 0 unspecified atom stereocenters. The van der Waals surface area contributed by atoms with Gasteiger partial charge in [-0.25, -0.2) is 0 Å². The van der Waals surface area contributed by atoms with Crippen molar-refractivity contribution in [2.24, 2.45) is 5.92 Å². The van der Waals surface area contributed by atoms with E-state index in [2.05, 4.69) is 60.2 Å². The molecule has 0 atom stereocenters. The van der Waals surface area contributed by atoms with E-state index in [-0.39, 0.29) is 27.0 Å². The van der Waals surface area contributed by atoms with E-state index in [4.69, 9.17) is 49.7 Å². The highest BCUT2D eigenvalue weighted by Crippen LogP contribution is 1.84. The van der Waals surface area contributed by atoms with Crippen LogP contribution < -0.4 is 5.32 Å². The summed E-state index contributed by atoms with van der Waals surface area (Å²) >= 11 is 3.33. The Hall–Kier alpha value is -3.49. The van der Waals surface area contributed by atoms with Crippen molar-refractivity contribution in [1.82, 2.24) is 5.32 Å². The van der Waals surface area contributed by atoms with Crippen molar-refractivity contribution in [2.75, 3.05) is 30.6 Å². The minimum absolute atomic E-state index is 0. The van der Waals surface area contributed by atoms with E-state index in [1.807, 2.05) is 61.0 Å². The van der Waals surface area contributed by atoms with Gasteiger partial charge in [-0.2, -0.15) is 23.5 Å². The Morgan fingerprint density at radius 1 is 0.659 bits per heavy atom. The standard InChI is InChI=1S/C6H9NO.C5H8.2C4H6S.4C4H6.3CH4.2FH/c1-2-3-4-7-5-6-8;1-4-5(2)3;2*1-3-4-5-2;4*1-3-4-2;;;;;/h6-7H,2,5H2,1H3;1,5H,2-3H3;2*1H,4H2,2H3;4*1H,4H2,2H3;3*1H4;2*1H/i/hT. The molecule has 0 fully saturated rings. The fraction of sp³-hybridized carbons (Fsp3) is 0.553. The quantitative estimate of drug-likeness (QED) is 0.141. The van der Waals surface area contributed by atoms with Gasteiger partial charge in [0.1, 0.15) is 6.29 Å². The minimum atomic E-state index is 0. The summed E-state index contributed by atoms with van der Waals surface area (Å²) in [5, 5.41) is 2.61. The van der Waals surface area contributed by atoms with Crippen molar-refractivity contribution < 1.29 is 14.2 Å². The fourth-order valence-corrected chi connectivity index (χ4v) is 0.744. The van der Waals surface area contributed by atoms with Gasteiger partial charge in [-0.15, -0.1) is 74.6 Å². The lowest BCUT2D eigenvalue weighted by molar-refractivity contribution is -0.107. The molecule has 0 aliphatic heterocycles. The average Bonchev–Trinajstić information content (AvgIpc) is 3.02. The van der Waals surface area contributed by atoms with Gasteiger partial charge in [0.25, 0.3) is 1.45 Å². The van der Waals surface area contributed by atoms with E-state index in [0.29, 0.717) is 12.5 Å². The van der Waals surface area contributed by atoms with Gasteiger partial charge in [-0.3, -0.25) is 9.42 Å². The summed E-state index contributed by atoms with van der Waals surface area (Å²) in [6.07, 6.45) is 42.7. The Kier molecular flexibility index (Phi) is 246. The number of nitrogens with one attached hydrogen (secondary N) is 1. The summed E-state index contributed by atoms with van der Waals surface area (Å²) < 4.78 is 13.0. The topological polar surface area (TPSA) is 29.1 Å². The molecular formula is C38H67F2NOS2. The van der Waals surface area contributed by atoms with E-state index in [0.717, 1.165) is 49.9 Å². The zero-order valence-corrected chi connectivity index (χ0v) is 28.5. The molecule has 0 aromatic rings. The van der Waals surface area contributed by atoms with Crippen LogP contribution in [0.3, 0.4) is 0 Å². The lowest BCUT2D eigenvalue weighted by Gasteiger charge is -1.81. The lowest BCUT2D eigenvalue weighted by Crippen LogP contribution is -2.07. The molecule has 0 radical (unpaired) electrons. The second-order valence-corrected chi connectivity index (χ2v) is 7.76. The van der Waals surface area contributed by atoms with Gasteiger partial charge in [-0.05, 0) is 12.5 Å². The zero-order valence-electron chi connectivity index (χ0n) is 27.9. The molecule has 0 aliphatic carbocycles. The van der Waals surface area contributed by atoms with E-state index in [1.165, 1.54) is 0 Å². The Balaban J connectivity index is -0.0000000234. The summed E-state index contributed by atoms with van der Waals surface area (Å²) in [6, 6.07) is 2.60. The summed E-state index contributed by atoms with van der Waals surface area (Å²) in [7, 11) is 0. The predicted octanol–water partition coefficient (Wildman–Crippen LogP) is 9.72. The second kappa shape index (κ2) is 139. The molecule has 0 rings (SSSR count). The van der Waals surface area contributed by atoms with Crippen LogP contribution in [0.1, 0.15) is 103 Å². The van der Waals surface area contributed by atoms with Crippen molar-refractivity contribution >= 4 is 29.8 Å². The van der Waals surface area contributed by atoms with Crippen molar-refractivity contribution in [3.05, 3.63) is 0 Å². The highest BCUT2D eigenvalue weighted by molar-refractivity contribution is 7.99. The maximum absolute atomic E-state index is 9.64. The van der Waals surface area contributed by atoms with Crippen LogP contribution in [0.25, 0.3) is 0 Å². The molecule has 0 heterocycles. The van der Waals surface area contributed by atoms with Crippen LogP contribution in [0, 0.1) is 104 Å². The maximum atomic E-state index is 9.64. The number of hydrogen-bond acceptors (Lipinski definition) is 4. The first kappa shape index (κ1) is 77.8. The molecule has 6 heteroatoms. The molecule has 44 heavy (non-hydrogen) atoms. The first-order chi connectivity index (χ1) is 19.7. The van der Waals surface area contributed by atoms with Crippen molar-refractivity contribution in [1.29, 1.82) is 1.45 Å². The van der Waals surface area contributed by atoms with Gasteiger partial charge in [0, 0.05) is 44.1 Å². The molecule has 0 aromatic carbocycles. The molecule has 0 bridgehead atoms. The minimum Gasteiger partial charge on any atom is -0.339 e. The third-order valence-electron chi connectivity index (χ3n) is 2.14. The van der Waals surface area contributed by atoms with Gasteiger partial charge in [-0.1, -0.05) is 88.5 Å². The van der Waals surface area contributed by atoms with Gasteiger partial charge in [0.2, 0.25) is 0 Å². The van der Waals surface area contributed by atoms with E-state index >= 15 is 0 Å². The van der Waals surface area contributed by atoms with Crippen LogP contribution in [-0.4, -0.2) is 38.3 Å². The van der Waals surface area contributed by atoms with Crippen LogP contribution in [0.5, 0.6) is 0 Å². The Morgan fingerprint density at radius 2 is 0.909 bits per heavy atom. The molecule has 0 saturated heterocycles. The molecule has 0 amide bonds. The van der Waals surface area contributed by atoms with Crippen LogP contribution in [0.4, 0.5) is 9.42 Å². The van der Waals surface area contributed by atoms with E-state index < -0.39 is 0 Å². The SMILES string of the molecule is C.C.C.C#CC(C)C.C#CCC.C#CCC.C#CCC.C#CCC.C#CCSC.C#CCSC.CCC#CNCC=O.F.[3H]F. The van der Waals surface area contributed by atoms with Gasteiger partial charge >= 0.3 is 0 Å². The average molecular weight is 658 g/mol. The molecule has 0 spiro atoms. The van der Waals surface area contributed by atoms with E-state index in [1.54, 1.807) is 23.5 Å². The second-order valence-electron chi connectivity index (χ2n) is 6.03. The van der Waals surface area contributed by atoms with Crippen molar-refractivity contribution in [3.8, 4) is 98.4 Å². The number of carbonyl (C=O) groups is 1. The molecule has 0 saturated carbocycles. The van der Waals surface area contributed by atoms with Crippen LogP contribution in [0.15, 0.2) is 0 Å². The summed E-state index contributed by atoms with van der Waals surface area (Å²) in [4.78, 5) is 9.64. The predicted molar refractivity (Wildman–Crippen MR) is 212 cm³/mol. The normalized spacial score (nSPS) is 5.50. The smallest absolute Gasteiger partial charge is 0.269 e. The van der Waals surface area contributed by atoms with Crippen LogP contribution in [-0.2, 0) is 4.79 Å². The number of terminal acetylenes is 7. The van der Waals surface area contributed by atoms with Crippen molar-refractivity contribution in [2.45, 2.75) is 103 Å². The molecule has 2 nitrogen and oxygen atoms in total. The maximum Gasteiger partial charge on any atom is 0.269 e. The summed E-state index contributed by atoms with van der Waals surface area (Å²) in [5.74, 6) is 22.1. The summed E-state index contributed by atoms with van der Waals surface area (Å²) in [6.45, 7) is 14.0. The third kappa shape index (κ3) is 409. The Labute approximate surface area is 287 Å². The first-order valence-electron chi connectivity index (χ1n) is 12.7. The molecule has 0 aromatic heterocycles. The van der Waals surface area contributed by atoms with Crippen LogP contribution in [0.2, 0.25) is 0 Å². The van der Waals surface area contributed by atoms with Crippen molar-refractivity contribution in [3.63, 3.8) is 0 Å². The van der Waals surface area contributed by atoms with Gasteiger partial charge < -0.3 is 10.1 Å². The molecular weight excluding hydrogens is 589 g/mol. The number of halogens is 2. The van der Waals surface area contributed by atoms with Gasteiger partial charge in [0.05, 0.1) is 18.1 Å². The first-order valence-corrected chi connectivity index (χ1v) is 15.2.